The normalized spacial score (nSPS) is 12.0. The van der Waals surface area contributed by atoms with E-state index >= 15 is 0 Å². The first-order valence-corrected chi connectivity index (χ1v) is 7.01. The Morgan fingerprint density at radius 3 is 2.19 bits per heavy atom. The largest absolute Gasteiger partial charge is 0.497 e. The SMILES string of the molecule is COc1ccc(CC(O)c2cc(C)c(OC)cc2C)cc1. The predicted octanol–water partition coefficient (Wildman–Crippen LogP) is 3.60. The molecule has 2 aromatic carbocycles. The second-order valence-corrected chi connectivity index (χ2v) is 5.25. The van der Waals surface area contributed by atoms with E-state index < -0.39 is 6.10 Å². The van der Waals surface area contributed by atoms with Crippen LogP contribution in [0, 0.1) is 13.8 Å². The summed E-state index contributed by atoms with van der Waals surface area (Å²) in [4.78, 5) is 0. The Hall–Kier alpha value is -2.00. The standard InChI is InChI=1S/C18H22O3/c1-12-10-18(21-4)13(2)9-16(12)17(19)11-14-5-7-15(20-3)8-6-14/h5-10,17,19H,11H2,1-4H3. The fourth-order valence-electron chi connectivity index (χ4n) is 2.49. The van der Waals surface area contributed by atoms with Crippen LogP contribution >= 0.6 is 0 Å². The van der Waals surface area contributed by atoms with Crippen molar-refractivity contribution < 1.29 is 14.6 Å². The van der Waals surface area contributed by atoms with Crippen LogP contribution in [0.4, 0.5) is 0 Å². The molecule has 1 unspecified atom stereocenters. The maximum atomic E-state index is 10.5. The molecule has 0 saturated carbocycles. The lowest BCUT2D eigenvalue weighted by molar-refractivity contribution is 0.177. The molecule has 0 aromatic heterocycles. The molecule has 0 fully saturated rings. The average Bonchev–Trinajstić information content (AvgIpc) is 2.49. The number of methoxy groups -OCH3 is 2. The van der Waals surface area contributed by atoms with Gasteiger partial charge in [0.25, 0.3) is 0 Å². The zero-order valence-corrected chi connectivity index (χ0v) is 13.0. The highest BCUT2D eigenvalue weighted by Crippen LogP contribution is 2.28. The van der Waals surface area contributed by atoms with Gasteiger partial charge >= 0.3 is 0 Å². The maximum Gasteiger partial charge on any atom is 0.122 e. The minimum Gasteiger partial charge on any atom is -0.497 e. The number of benzene rings is 2. The van der Waals surface area contributed by atoms with E-state index in [0.29, 0.717) is 6.42 Å². The number of aryl methyl sites for hydroxylation is 2. The molecule has 21 heavy (non-hydrogen) atoms. The van der Waals surface area contributed by atoms with Crippen molar-refractivity contribution >= 4 is 0 Å². The van der Waals surface area contributed by atoms with Crippen LogP contribution in [0.15, 0.2) is 36.4 Å². The Morgan fingerprint density at radius 2 is 1.62 bits per heavy atom. The summed E-state index contributed by atoms with van der Waals surface area (Å²) in [6.07, 6.45) is 0.0550. The molecule has 0 amide bonds. The fourth-order valence-corrected chi connectivity index (χ4v) is 2.49. The van der Waals surface area contributed by atoms with Crippen molar-refractivity contribution in [1.82, 2.24) is 0 Å². The molecule has 1 atom stereocenters. The third-order valence-electron chi connectivity index (χ3n) is 3.73. The van der Waals surface area contributed by atoms with Gasteiger partial charge < -0.3 is 14.6 Å². The van der Waals surface area contributed by atoms with Crippen molar-refractivity contribution in [1.29, 1.82) is 0 Å². The second kappa shape index (κ2) is 6.64. The van der Waals surface area contributed by atoms with Crippen molar-refractivity contribution in [2.24, 2.45) is 0 Å². The molecule has 0 bridgehead atoms. The van der Waals surface area contributed by atoms with Crippen LogP contribution < -0.4 is 9.47 Å². The molecule has 0 aliphatic carbocycles. The van der Waals surface area contributed by atoms with Crippen LogP contribution in [0.2, 0.25) is 0 Å². The number of hydrogen-bond donors (Lipinski definition) is 1. The Balaban J connectivity index is 2.19. The molecule has 0 heterocycles. The molecule has 0 radical (unpaired) electrons. The maximum absolute atomic E-state index is 10.5. The van der Waals surface area contributed by atoms with E-state index in [0.717, 1.165) is 33.8 Å². The Morgan fingerprint density at radius 1 is 0.952 bits per heavy atom. The Kier molecular flexibility index (Phi) is 4.86. The van der Waals surface area contributed by atoms with Gasteiger partial charge in [-0.05, 0) is 60.4 Å². The van der Waals surface area contributed by atoms with Gasteiger partial charge in [0, 0.05) is 6.42 Å². The first-order valence-electron chi connectivity index (χ1n) is 7.01. The first-order chi connectivity index (χ1) is 10.0. The predicted molar refractivity (Wildman–Crippen MR) is 84.1 cm³/mol. The van der Waals surface area contributed by atoms with Gasteiger partial charge in [-0.2, -0.15) is 0 Å². The average molecular weight is 286 g/mol. The van der Waals surface area contributed by atoms with E-state index in [9.17, 15) is 5.11 Å². The molecule has 0 saturated heterocycles. The van der Waals surface area contributed by atoms with E-state index in [2.05, 4.69) is 0 Å². The van der Waals surface area contributed by atoms with E-state index in [1.54, 1.807) is 14.2 Å². The van der Waals surface area contributed by atoms with Crippen molar-refractivity contribution in [3.63, 3.8) is 0 Å². The van der Waals surface area contributed by atoms with E-state index in [-0.39, 0.29) is 0 Å². The molecule has 3 nitrogen and oxygen atoms in total. The van der Waals surface area contributed by atoms with Crippen LogP contribution in [0.25, 0.3) is 0 Å². The minimum atomic E-state index is -0.525. The quantitative estimate of drug-likeness (QED) is 0.912. The molecule has 1 N–H and O–H groups in total. The van der Waals surface area contributed by atoms with Gasteiger partial charge in [0.15, 0.2) is 0 Å². The van der Waals surface area contributed by atoms with E-state index in [4.69, 9.17) is 9.47 Å². The summed E-state index contributed by atoms with van der Waals surface area (Å²) in [6.45, 7) is 3.98. The van der Waals surface area contributed by atoms with Crippen molar-refractivity contribution in [2.75, 3.05) is 14.2 Å². The summed E-state index contributed by atoms with van der Waals surface area (Å²) in [6, 6.07) is 11.8. The smallest absolute Gasteiger partial charge is 0.122 e. The second-order valence-electron chi connectivity index (χ2n) is 5.25. The van der Waals surface area contributed by atoms with Gasteiger partial charge in [-0.15, -0.1) is 0 Å². The fraction of sp³-hybridized carbons (Fsp3) is 0.333. The van der Waals surface area contributed by atoms with Gasteiger partial charge in [-0.25, -0.2) is 0 Å². The molecule has 0 aliphatic heterocycles. The molecular formula is C18H22O3. The highest BCUT2D eigenvalue weighted by Gasteiger charge is 2.14. The molecule has 3 heteroatoms. The molecule has 0 spiro atoms. The molecular weight excluding hydrogens is 264 g/mol. The lowest BCUT2D eigenvalue weighted by Crippen LogP contribution is -2.05. The van der Waals surface area contributed by atoms with Gasteiger partial charge in [0.2, 0.25) is 0 Å². The minimum absolute atomic E-state index is 0.525. The van der Waals surface area contributed by atoms with Crippen molar-refractivity contribution in [3.8, 4) is 11.5 Å². The number of hydrogen-bond acceptors (Lipinski definition) is 3. The summed E-state index contributed by atoms with van der Waals surface area (Å²) in [5.74, 6) is 1.68. The Labute approximate surface area is 126 Å². The van der Waals surface area contributed by atoms with Gasteiger partial charge in [0.05, 0.1) is 20.3 Å². The Bertz CT molecular complexity index is 603. The number of ether oxygens (including phenoxy) is 2. The number of aliphatic hydroxyl groups excluding tert-OH is 1. The van der Waals surface area contributed by atoms with Crippen molar-refractivity contribution in [3.05, 3.63) is 58.7 Å². The summed E-state index contributed by atoms with van der Waals surface area (Å²) in [7, 11) is 3.31. The highest BCUT2D eigenvalue weighted by molar-refractivity contribution is 5.43. The van der Waals surface area contributed by atoms with E-state index in [1.807, 2.05) is 50.2 Å². The van der Waals surface area contributed by atoms with Gasteiger partial charge in [-0.1, -0.05) is 12.1 Å². The zero-order chi connectivity index (χ0) is 15.4. The van der Waals surface area contributed by atoms with E-state index in [1.165, 1.54) is 0 Å². The number of aliphatic hydroxyl groups is 1. The lowest BCUT2D eigenvalue weighted by Gasteiger charge is -2.17. The topological polar surface area (TPSA) is 38.7 Å². The van der Waals surface area contributed by atoms with Crippen LogP contribution in [-0.4, -0.2) is 19.3 Å². The summed E-state index contributed by atoms with van der Waals surface area (Å²) in [5, 5.41) is 10.5. The lowest BCUT2D eigenvalue weighted by atomic mass is 9.95. The monoisotopic (exact) mass is 286 g/mol. The third-order valence-corrected chi connectivity index (χ3v) is 3.73. The first kappa shape index (κ1) is 15.4. The van der Waals surface area contributed by atoms with Crippen LogP contribution in [0.3, 0.4) is 0 Å². The van der Waals surface area contributed by atoms with Gasteiger partial charge in [0.1, 0.15) is 11.5 Å². The summed E-state index contributed by atoms with van der Waals surface area (Å²) in [5.41, 5.74) is 4.10. The molecule has 2 aromatic rings. The highest BCUT2D eigenvalue weighted by atomic mass is 16.5. The molecule has 0 aliphatic rings. The number of rotatable bonds is 5. The van der Waals surface area contributed by atoms with Crippen molar-refractivity contribution in [2.45, 2.75) is 26.4 Å². The van der Waals surface area contributed by atoms with Gasteiger partial charge in [-0.3, -0.25) is 0 Å². The van der Waals surface area contributed by atoms with Crippen LogP contribution in [0.1, 0.15) is 28.4 Å². The molecule has 2 rings (SSSR count). The van der Waals surface area contributed by atoms with Crippen LogP contribution in [-0.2, 0) is 6.42 Å². The van der Waals surface area contributed by atoms with Crippen LogP contribution in [0.5, 0.6) is 11.5 Å². The molecule has 112 valence electrons. The summed E-state index contributed by atoms with van der Waals surface area (Å²) >= 11 is 0. The third kappa shape index (κ3) is 3.56. The summed E-state index contributed by atoms with van der Waals surface area (Å²) < 4.78 is 10.5. The zero-order valence-electron chi connectivity index (χ0n) is 13.0.